The lowest BCUT2D eigenvalue weighted by atomic mass is 10.2. The third-order valence-electron chi connectivity index (χ3n) is 3.45. The zero-order valence-corrected chi connectivity index (χ0v) is 13.8. The van der Waals surface area contributed by atoms with Gasteiger partial charge >= 0.3 is 0 Å². The maximum Gasteiger partial charge on any atom is 0.270 e. The van der Waals surface area contributed by atoms with Crippen LogP contribution in [-0.2, 0) is 6.54 Å². The summed E-state index contributed by atoms with van der Waals surface area (Å²) in [5.74, 6) is 1.11. The molecule has 1 amide bonds. The molecule has 0 aliphatic rings. The Labute approximate surface area is 137 Å². The highest BCUT2D eigenvalue weighted by Crippen LogP contribution is 2.09. The average Bonchev–Trinajstić information content (AvgIpc) is 2.57. The summed E-state index contributed by atoms with van der Waals surface area (Å²) in [6.07, 6.45) is 3.24. The lowest BCUT2D eigenvalue weighted by molar-refractivity contribution is 0.0947. The molecular formula is C18H24N4O. The maximum absolute atomic E-state index is 12.2. The van der Waals surface area contributed by atoms with Gasteiger partial charge in [0.25, 0.3) is 5.91 Å². The number of aryl methyl sites for hydroxylation is 1. The molecular weight excluding hydrogens is 288 g/mol. The van der Waals surface area contributed by atoms with Crippen molar-refractivity contribution in [3.05, 3.63) is 53.5 Å². The Morgan fingerprint density at radius 1 is 1.13 bits per heavy atom. The van der Waals surface area contributed by atoms with Gasteiger partial charge in [0.15, 0.2) is 0 Å². The summed E-state index contributed by atoms with van der Waals surface area (Å²) in [5, 5.41) is 6.15. The Morgan fingerprint density at radius 3 is 2.65 bits per heavy atom. The highest BCUT2D eigenvalue weighted by Gasteiger charge is 2.10. The Balaban J connectivity index is 1.96. The molecule has 0 spiro atoms. The smallest absolute Gasteiger partial charge is 0.270 e. The predicted octanol–water partition coefficient (Wildman–Crippen LogP) is 3.32. The summed E-state index contributed by atoms with van der Waals surface area (Å²) in [6.45, 7) is 5.28. The predicted molar refractivity (Wildman–Crippen MR) is 92.4 cm³/mol. The van der Waals surface area contributed by atoms with E-state index in [0.717, 1.165) is 24.8 Å². The Kier molecular flexibility index (Phi) is 6.54. The molecule has 1 heterocycles. The van der Waals surface area contributed by atoms with E-state index in [0.29, 0.717) is 30.4 Å². The van der Waals surface area contributed by atoms with Crippen molar-refractivity contribution in [2.75, 3.05) is 11.9 Å². The van der Waals surface area contributed by atoms with E-state index in [1.165, 1.54) is 0 Å². The van der Waals surface area contributed by atoms with Crippen LogP contribution in [0, 0.1) is 6.92 Å². The SMILES string of the molecule is CCCCCNC(=O)c1cc(NCc2ccccc2)nc(C)n1. The van der Waals surface area contributed by atoms with E-state index in [1.54, 1.807) is 13.0 Å². The molecule has 1 aromatic carbocycles. The monoisotopic (exact) mass is 312 g/mol. The lowest BCUT2D eigenvalue weighted by Crippen LogP contribution is -2.26. The molecule has 0 saturated heterocycles. The van der Waals surface area contributed by atoms with Crippen LogP contribution in [0.2, 0.25) is 0 Å². The number of benzene rings is 1. The first-order valence-electron chi connectivity index (χ1n) is 8.10. The van der Waals surface area contributed by atoms with E-state index in [1.807, 2.05) is 30.3 Å². The van der Waals surface area contributed by atoms with Gasteiger partial charge < -0.3 is 10.6 Å². The zero-order valence-electron chi connectivity index (χ0n) is 13.8. The van der Waals surface area contributed by atoms with Gasteiger partial charge in [-0.25, -0.2) is 9.97 Å². The van der Waals surface area contributed by atoms with Crippen LogP contribution < -0.4 is 10.6 Å². The molecule has 0 aliphatic heterocycles. The number of unbranched alkanes of at least 4 members (excludes halogenated alkanes) is 2. The molecule has 5 nitrogen and oxygen atoms in total. The van der Waals surface area contributed by atoms with Gasteiger partial charge in [0.1, 0.15) is 17.3 Å². The van der Waals surface area contributed by atoms with Crippen molar-refractivity contribution in [1.29, 1.82) is 0 Å². The van der Waals surface area contributed by atoms with Crippen LogP contribution in [0.1, 0.15) is 48.1 Å². The number of carbonyl (C=O) groups is 1. The molecule has 0 bridgehead atoms. The largest absolute Gasteiger partial charge is 0.366 e. The minimum absolute atomic E-state index is 0.144. The van der Waals surface area contributed by atoms with Gasteiger partial charge in [-0.3, -0.25) is 4.79 Å². The molecule has 0 radical (unpaired) electrons. The first kappa shape index (κ1) is 16.9. The standard InChI is InChI=1S/C18H24N4O/c1-3-4-8-11-19-18(23)16-12-17(22-14(2)21-16)20-13-15-9-6-5-7-10-15/h5-7,9-10,12H,3-4,8,11,13H2,1-2H3,(H,19,23)(H,20,21,22). The summed E-state index contributed by atoms with van der Waals surface area (Å²) in [6, 6.07) is 11.8. The van der Waals surface area contributed by atoms with Gasteiger partial charge in [-0.1, -0.05) is 50.1 Å². The second-order valence-electron chi connectivity index (χ2n) is 5.49. The van der Waals surface area contributed by atoms with E-state index in [2.05, 4.69) is 27.5 Å². The molecule has 2 aromatic rings. The summed E-state index contributed by atoms with van der Waals surface area (Å²) in [4.78, 5) is 20.7. The van der Waals surface area contributed by atoms with Crippen LogP contribution in [0.5, 0.6) is 0 Å². The van der Waals surface area contributed by atoms with Crippen LogP contribution >= 0.6 is 0 Å². The third-order valence-corrected chi connectivity index (χ3v) is 3.45. The molecule has 23 heavy (non-hydrogen) atoms. The van der Waals surface area contributed by atoms with E-state index in [-0.39, 0.29) is 5.91 Å². The fourth-order valence-corrected chi connectivity index (χ4v) is 2.23. The van der Waals surface area contributed by atoms with E-state index < -0.39 is 0 Å². The Morgan fingerprint density at radius 2 is 1.91 bits per heavy atom. The number of nitrogens with one attached hydrogen (secondary N) is 2. The maximum atomic E-state index is 12.2. The average molecular weight is 312 g/mol. The lowest BCUT2D eigenvalue weighted by Gasteiger charge is -2.09. The molecule has 0 unspecified atom stereocenters. The van der Waals surface area contributed by atoms with Gasteiger partial charge in [0, 0.05) is 19.2 Å². The molecule has 122 valence electrons. The number of amides is 1. The molecule has 0 fully saturated rings. The zero-order chi connectivity index (χ0) is 16.5. The van der Waals surface area contributed by atoms with Gasteiger partial charge in [0.05, 0.1) is 0 Å². The normalized spacial score (nSPS) is 10.3. The highest BCUT2D eigenvalue weighted by molar-refractivity contribution is 5.92. The first-order chi connectivity index (χ1) is 11.2. The van der Waals surface area contributed by atoms with Crippen LogP contribution in [-0.4, -0.2) is 22.4 Å². The Hall–Kier alpha value is -2.43. The van der Waals surface area contributed by atoms with Crippen molar-refractivity contribution in [2.24, 2.45) is 0 Å². The van der Waals surface area contributed by atoms with Crippen molar-refractivity contribution >= 4 is 11.7 Å². The van der Waals surface area contributed by atoms with Gasteiger partial charge in [-0.05, 0) is 18.9 Å². The van der Waals surface area contributed by atoms with Gasteiger partial charge in [-0.15, -0.1) is 0 Å². The van der Waals surface area contributed by atoms with Gasteiger partial charge in [-0.2, -0.15) is 0 Å². The number of nitrogens with zero attached hydrogens (tertiary/aromatic N) is 2. The number of hydrogen-bond acceptors (Lipinski definition) is 4. The molecule has 0 aliphatic carbocycles. The van der Waals surface area contributed by atoms with Crippen molar-refractivity contribution in [3.8, 4) is 0 Å². The quantitative estimate of drug-likeness (QED) is 0.734. The van der Waals surface area contributed by atoms with Crippen LogP contribution in [0.15, 0.2) is 36.4 Å². The van der Waals surface area contributed by atoms with Crippen LogP contribution in [0.3, 0.4) is 0 Å². The summed E-state index contributed by atoms with van der Waals surface area (Å²) in [5.41, 5.74) is 1.57. The summed E-state index contributed by atoms with van der Waals surface area (Å²) in [7, 11) is 0. The van der Waals surface area contributed by atoms with Gasteiger partial charge in [0.2, 0.25) is 0 Å². The number of hydrogen-bond donors (Lipinski definition) is 2. The minimum atomic E-state index is -0.144. The summed E-state index contributed by atoms with van der Waals surface area (Å²) >= 11 is 0. The molecule has 2 rings (SSSR count). The molecule has 1 aromatic heterocycles. The fraction of sp³-hybridized carbons (Fsp3) is 0.389. The van der Waals surface area contributed by atoms with E-state index >= 15 is 0 Å². The van der Waals surface area contributed by atoms with Crippen LogP contribution in [0.25, 0.3) is 0 Å². The number of aromatic nitrogens is 2. The fourth-order valence-electron chi connectivity index (χ4n) is 2.23. The Bertz CT molecular complexity index is 628. The molecule has 2 N–H and O–H groups in total. The van der Waals surface area contributed by atoms with Crippen molar-refractivity contribution in [2.45, 2.75) is 39.7 Å². The molecule has 0 atom stereocenters. The third kappa shape index (κ3) is 5.70. The number of carbonyl (C=O) groups excluding carboxylic acids is 1. The molecule has 0 saturated carbocycles. The van der Waals surface area contributed by atoms with E-state index in [9.17, 15) is 4.79 Å². The number of anilines is 1. The van der Waals surface area contributed by atoms with Crippen molar-refractivity contribution < 1.29 is 4.79 Å². The van der Waals surface area contributed by atoms with Crippen LogP contribution in [0.4, 0.5) is 5.82 Å². The second kappa shape index (κ2) is 8.88. The topological polar surface area (TPSA) is 66.9 Å². The first-order valence-corrected chi connectivity index (χ1v) is 8.10. The second-order valence-corrected chi connectivity index (χ2v) is 5.49. The molecule has 5 heteroatoms. The minimum Gasteiger partial charge on any atom is -0.366 e. The number of rotatable bonds is 8. The van der Waals surface area contributed by atoms with Crippen molar-refractivity contribution in [1.82, 2.24) is 15.3 Å². The summed E-state index contributed by atoms with van der Waals surface area (Å²) < 4.78 is 0. The van der Waals surface area contributed by atoms with E-state index in [4.69, 9.17) is 0 Å². The van der Waals surface area contributed by atoms with Crippen molar-refractivity contribution in [3.63, 3.8) is 0 Å². The highest BCUT2D eigenvalue weighted by atomic mass is 16.1.